The van der Waals surface area contributed by atoms with E-state index >= 15 is 0 Å². The lowest BCUT2D eigenvalue weighted by atomic mass is 9.92. The van der Waals surface area contributed by atoms with Gasteiger partial charge in [-0.2, -0.15) is 0 Å². The molecule has 0 spiro atoms. The normalized spacial score (nSPS) is 11.7. The van der Waals surface area contributed by atoms with E-state index in [0.29, 0.717) is 0 Å². The van der Waals surface area contributed by atoms with Gasteiger partial charge in [-0.05, 0) is 64.5 Å². The zero-order valence-electron chi connectivity index (χ0n) is 24.2. The molecule has 0 unspecified atom stereocenters. The number of fused-ring (bicyclic) bond motifs is 3. The van der Waals surface area contributed by atoms with Crippen LogP contribution in [0, 0.1) is 0 Å². The van der Waals surface area contributed by atoms with Gasteiger partial charge in [0.1, 0.15) is 11.5 Å². The number of hydrogen-bond donors (Lipinski definition) is 0. The van der Waals surface area contributed by atoms with Crippen LogP contribution in [0.2, 0.25) is 0 Å². The molecule has 2 aromatic heterocycles. The summed E-state index contributed by atoms with van der Waals surface area (Å²) in [5.74, 6) is 1.74. The smallest absolute Gasteiger partial charge is 0.135 e. The average molecular weight is 576 g/mol. The number of ether oxygens (including phenoxy) is 1. The summed E-state index contributed by atoms with van der Waals surface area (Å²) in [6, 6.07) is 50.0. The molecule has 0 fully saturated rings. The molecule has 0 amide bonds. The largest absolute Gasteiger partial charge is 0.456 e. The van der Waals surface area contributed by atoms with E-state index in [1.165, 1.54) is 5.56 Å². The number of hydrogen-bond acceptors (Lipinski definition) is 4. The van der Waals surface area contributed by atoms with Crippen molar-refractivity contribution in [3.05, 3.63) is 152 Å². The second kappa shape index (κ2) is 10.2. The van der Waals surface area contributed by atoms with Gasteiger partial charge in [0.2, 0.25) is 0 Å². The highest BCUT2D eigenvalue weighted by Crippen LogP contribution is 2.48. The van der Waals surface area contributed by atoms with Crippen LogP contribution in [0.4, 0.5) is 0 Å². The van der Waals surface area contributed by atoms with Crippen molar-refractivity contribution in [2.45, 2.75) is 0 Å². The minimum absolute atomic E-state index is 0.818. The average Bonchev–Trinajstić information content (AvgIpc) is 3.12. The zero-order valence-corrected chi connectivity index (χ0v) is 24.2. The fourth-order valence-corrected chi connectivity index (χ4v) is 6.34. The predicted molar refractivity (Wildman–Crippen MR) is 182 cm³/mol. The molecule has 4 heteroatoms. The van der Waals surface area contributed by atoms with E-state index in [0.717, 1.165) is 83.8 Å². The van der Waals surface area contributed by atoms with E-state index in [9.17, 15) is 0 Å². The Morgan fingerprint density at radius 1 is 0.400 bits per heavy atom. The van der Waals surface area contributed by atoms with Crippen LogP contribution in [0.25, 0.3) is 77.8 Å². The van der Waals surface area contributed by atoms with Crippen molar-refractivity contribution in [2.75, 3.05) is 0 Å². The molecule has 45 heavy (non-hydrogen) atoms. The predicted octanol–water partition coefficient (Wildman–Crippen LogP) is 10.6. The van der Waals surface area contributed by atoms with Crippen molar-refractivity contribution in [2.24, 2.45) is 0 Å². The summed E-state index contributed by atoms with van der Waals surface area (Å²) in [5, 5.41) is 2.19. The Morgan fingerprint density at radius 2 is 1.13 bits per heavy atom. The third-order valence-corrected chi connectivity index (χ3v) is 8.52. The molecule has 3 heterocycles. The quantitative estimate of drug-likeness (QED) is 0.209. The molecule has 0 bridgehead atoms. The third kappa shape index (κ3) is 4.35. The maximum absolute atomic E-state index is 6.32. The number of pyridine rings is 1. The Bertz CT molecular complexity index is 2340. The number of nitrogens with zero attached hydrogens (tertiary/aromatic N) is 3. The van der Waals surface area contributed by atoms with Crippen LogP contribution in [0.1, 0.15) is 0 Å². The Balaban J connectivity index is 1.18. The minimum Gasteiger partial charge on any atom is -0.456 e. The summed E-state index contributed by atoms with van der Waals surface area (Å²) in [6.07, 6.45) is 1.87. The summed E-state index contributed by atoms with van der Waals surface area (Å²) >= 11 is 0. The lowest BCUT2D eigenvalue weighted by Gasteiger charge is -2.22. The second-order valence-corrected chi connectivity index (χ2v) is 11.3. The molecule has 6 aromatic carbocycles. The van der Waals surface area contributed by atoms with Crippen molar-refractivity contribution >= 4 is 21.8 Å². The molecule has 8 aromatic rings. The molecular formula is C41H25N3O. The molecule has 0 atom stereocenters. The van der Waals surface area contributed by atoms with Crippen molar-refractivity contribution in [3.63, 3.8) is 0 Å². The minimum atomic E-state index is 0.818. The van der Waals surface area contributed by atoms with E-state index < -0.39 is 0 Å². The first-order valence-corrected chi connectivity index (χ1v) is 15.0. The maximum atomic E-state index is 6.32. The van der Waals surface area contributed by atoms with Gasteiger partial charge < -0.3 is 4.74 Å². The Hall–Kier alpha value is -6.13. The van der Waals surface area contributed by atoms with Crippen LogP contribution >= 0.6 is 0 Å². The number of aromatic nitrogens is 3. The number of rotatable bonds is 4. The van der Waals surface area contributed by atoms with Crippen LogP contribution in [0.5, 0.6) is 11.5 Å². The summed E-state index contributed by atoms with van der Waals surface area (Å²) in [6.45, 7) is 0. The topological polar surface area (TPSA) is 47.9 Å². The van der Waals surface area contributed by atoms with E-state index in [4.69, 9.17) is 19.7 Å². The first kappa shape index (κ1) is 25.4. The van der Waals surface area contributed by atoms with Gasteiger partial charge in [-0.3, -0.25) is 4.98 Å². The summed E-state index contributed by atoms with van der Waals surface area (Å²) in [5.41, 5.74) is 11.9. The summed E-state index contributed by atoms with van der Waals surface area (Å²) in [7, 11) is 0. The van der Waals surface area contributed by atoms with Crippen LogP contribution < -0.4 is 4.74 Å². The van der Waals surface area contributed by atoms with Crippen molar-refractivity contribution < 1.29 is 4.74 Å². The fourth-order valence-electron chi connectivity index (χ4n) is 6.34. The third-order valence-electron chi connectivity index (χ3n) is 8.52. The van der Waals surface area contributed by atoms with Gasteiger partial charge in [-0.15, -0.1) is 0 Å². The monoisotopic (exact) mass is 575 g/mol. The van der Waals surface area contributed by atoms with Gasteiger partial charge in [-0.25, -0.2) is 9.97 Å². The molecule has 210 valence electrons. The molecule has 0 saturated carbocycles. The molecule has 1 aliphatic heterocycles. The lowest BCUT2D eigenvalue weighted by Crippen LogP contribution is -1.98. The molecule has 0 N–H and O–H groups in total. The second-order valence-electron chi connectivity index (χ2n) is 11.3. The maximum Gasteiger partial charge on any atom is 0.135 e. The highest BCUT2D eigenvalue weighted by molar-refractivity contribution is 6.09. The first-order chi connectivity index (χ1) is 22.3. The highest BCUT2D eigenvalue weighted by atomic mass is 16.5. The van der Waals surface area contributed by atoms with Crippen molar-refractivity contribution in [1.82, 2.24) is 15.0 Å². The van der Waals surface area contributed by atoms with Crippen LogP contribution in [-0.4, -0.2) is 15.0 Å². The van der Waals surface area contributed by atoms with E-state index in [1.54, 1.807) is 0 Å². The molecule has 0 radical (unpaired) electrons. The van der Waals surface area contributed by atoms with Gasteiger partial charge in [0.15, 0.2) is 0 Å². The summed E-state index contributed by atoms with van der Waals surface area (Å²) in [4.78, 5) is 15.1. The van der Waals surface area contributed by atoms with E-state index in [-0.39, 0.29) is 0 Å². The molecule has 9 rings (SSSR count). The van der Waals surface area contributed by atoms with E-state index in [2.05, 4.69) is 97.1 Å². The molecule has 1 aliphatic rings. The Morgan fingerprint density at radius 3 is 1.98 bits per heavy atom. The van der Waals surface area contributed by atoms with Gasteiger partial charge in [0, 0.05) is 27.6 Å². The number of para-hydroxylation sites is 1. The van der Waals surface area contributed by atoms with Gasteiger partial charge >= 0.3 is 0 Å². The first-order valence-electron chi connectivity index (χ1n) is 15.0. The van der Waals surface area contributed by atoms with Crippen molar-refractivity contribution in [1.29, 1.82) is 0 Å². The molecule has 4 nitrogen and oxygen atoms in total. The van der Waals surface area contributed by atoms with Crippen LogP contribution in [-0.2, 0) is 0 Å². The standard InChI is InChI=1S/C41H25N3O/c1-3-10-26(11-4-1)29-23-35(27-12-5-2-6-13-27)43-36(24-29)28-18-20-34-37(22-28)44-38(25-42-34)30-19-21-40-41-32(30)15-9-16-33(41)31-14-7-8-17-39(31)45-40/h1-25H. The van der Waals surface area contributed by atoms with Gasteiger partial charge in [0.25, 0.3) is 0 Å². The van der Waals surface area contributed by atoms with Gasteiger partial charge in [0.05, 0.1) is 34.3 Å². The highest BCUT2D eigenvalue weighted by Gasteiger charge is 2.21. The Kier molecular flexibility index (Phi) is 5.78. The zero-order chi connectivity index (χ0) is 29.7. The van der Waals surface area contributed by atoms with Crippen LogP contribution in [0.3, 0.4) is 0 Å². The molecule has 0 saturated heterocycles. The van der Waals surface area contributed by atoms with Gasteiger partial charge in [-0.1, -0.05) is 103 Å². The van der Waals surface area contributed by atoms with Crippen molar-refractivity contribution in [3.8, 4) is 67.5 Å². The summed E-state index contributed by atoms with van der Waals surface area (Å²) < 4.78 is 6.32. The fraction of sp³-hybridized carbons (Fsp3) is 0. The number of benzene rings is 6. The Labute approximate surface area is 260 Å². The molecule has 0 aliphatic carbocycles. The molecular weight excluding hydrogens is 550 g/mol. The van der Waals surface area contributed by atoms with Crippen LogP contribution in [0.15, 0.2) is 152 Å². The lowest BCUT2D eigenvalue weighted by molar-refractivity contribution is 0.487. The van der Waals surface area contributed by atoms with E-state index in [1.807, 2.05) is 54.7 Å². The SMILES string of the molecule is c1ccc(-c2cc(-c3ccccc3)nc(-c3ccc4ncc(-c5ccc6c7c(cccc57)-c5ccccc5O6)nc4c3)c2)cc1.